The molecular formula is C20H23F3N6. The van der Waals surface area contributed by atoms with E-state index in [0.29, 0.717) is 18.2 Å². The summed E-state index contributed by atoms with van der Waals surface area (Å²) in [4.78, 5) is 14.7. The fourth-order valence-corrected chi connectivity index (χ4v) is 3.20. The number of aromatic nitrogens is 4. The van der Waals surface area contributed by atoms with Gasteiger partial charge in [-0.05, 0) is 30.8 Å². The number of alkyl halides is 3. The van der Waals surface area contributed by atoms with Gasteiger partial charge < -0.3 is 5.32 Å². The van der Waals surface area contributed by atoms with Crippen molar-refractivity contribution in [1.82, 2.24) is 24.4 Å². The zero-order valence-electron chi connectivity index (χ0n) is 16.3. The Bertz CT molecular complexity index is 889. The number of likely N-dealkylation sites (N-methyl/N-ethyl adjacent to an activating group) is 1. The molecule has 0 bridgehead atoms. The molecule has 29 heavy (non-hydrogen) atoms. The standard InChI is InChI=1S/C20H23F3N6/c1-3-28(4-2)17(15-5-7-16(8-6-15)20(21,22)23)12-25-18-11-19(27-13-26-18)29-10-9-24-14-29/h5-11,13-14,17H,3-4,12H2,1-2H3,(H,25,26,27). The first kappa shape index (κ1) is 20.8. The summed E-state index contributed by atoms with van der Waals surface area (Å²) in [6.45, 7) is 6.10. The van der Waals surface area contributed by atoms with Gasteiger partial charge in [-0.2, -0.15) is 13.2 Å². The van der Waals surface area contributed by atoms with Crippen molar-refractivity contribution < 1.29 is 13.2 Å². The van der Waals surface area contributed by atoms with Gasteiger partial charge in [0.05, 0.1) is 11.6 Å². The first-order chi connectivity index (χ1) is 13.9. The first-order valence-electron chi connectivity index (χ1n) is 9.37. The summed E-state index contributed by atoms with van der Waals surface area (Å²) < 4.78 is 40.4. The lowest BCUT2D eigenvalue weighted by molar-refractivity contribution is -0.137. The van der Waals surface area contributed by atoms with E-state index in [1.54, 1.807) is 41.5 Å². The summed E-state index contributed by atoms with van der Waals surface area (Å²) in [5.74, 6) is 1.31. The van der Waals surface area contributed by atoms with Gasteiger partial charge in [-0.1, -0.05) is 26.0 Å². The van der Waals surface area contributed by atoms with Gasteiger partial charge in [0.15, 0.2) is 0 Å². The van der Waals surface area contributed by atoms with Gasteiger partial charge in [0, 0.05) is 25.0 Å². The maximum Gasteiger partial charge on any atom is 0.416 e. The fourth-order valence-electron chi connectivity index (χ4n) is 3.20. The second kappa shape index (κ2) is 9.04. The van der Waals surface area contributed by atoms with Crippen molar-refractivity contribution in [3.05, 3.63) is 66.5 Å². The van der Waals surface area contributed by atoms with Crippen LogP contribution in [0.25, 0.3) is 5.82 Å². The Labute approximate surface area is 167 Å². The van der Waals surface area contributed by atoms with Gasteiger partial charge in [0.1, 0.15) is 24.3 Å². The number of hydrogen-bond acceptors (Lipinski definition) is 5. The molecule has 0 aliphatic rings. The Morgan fingerprint density at radius 3 is 2.41 bits per heavy atom. The molecule has 1 N–H and O–H groups in total. The summed E-state index contributed by atoms with van der Waals surface area (Å²) >= 11 is 0. The summed E-state index contributed by atoms with van der Waals surface area (Å²) in [7, 11) is 0. The fraction of sp³-hybridized carbons (Fsp3) is 0.350. The van der Waals surface area contributed by atoms with Crippen LogP contribution >= 0.6 is 0 Å². The van der Waals surface area contributed by atoms with Crippen LogP contribution < -0.4 is 5.32 Å². The van der Waals surface area contributed by atoms with E-state index >= 15 is 0 Å². The van der Waals surface area contributed by atoms with Crippen LogP contribution in [0, 0.1) is 0 Å². The number of nitrogens with zero attached hydrogens (tertiary/aromatic N) is 5. The van der Waals surface area contributed by atoms with Crippen molar-refractivity contribution in [2.45, 2.75) is 26.1 Å². The summed E-state index contributed by atoms with van der Waals surface area (Å²) in [5, 5.41) is 3.29. The molecule has 1 atom stereocenters. The molecular weight excluding hydrogens is 381 g/mol. The molecule has 2 aromatic heterocycles. The van der Waals surface area contributed by atoms with Gasteiger partial charge in [0.25, 0.3) is 0 Å². The second-order valence-corrected chi connectivity index (χ2v) is 6.47. The van der Waals surface area contributed by atoms with Crippen LogP contribution in [0.15, 0.2) is 55.4 Å². The van der Waals surface area contributed by atoms with Gasteiger partial charge in [-0.25, -0.2) is 15.0 Å². The van der Waals surface area contributed by atoms with E-state index in [4.69, 9.17) is 0 Å². The quantitative estimate of drug-likeness (QED) is 0.611. The normalized spacial score (nSPS) is 12.9. The molecule has 3 aromatic rings. The molecule has 2 heterocycles. The Hall–Kier alpha value is -2.94. The molecule has 1 unspecified atom stereocenters. The smallest absolute Gasteiger partial charge is 0.368 e. The number of anilines is 1. The van der Waals surface area contributed by atoms with Crippen molar-refractivity contribution in [1.29, 1.82) is 0 Å². The Kier molecular flexibility index (Phi) is 6.48. The van der Waals surface area contributed by atoms with E-state index in [2.05, 4.69) is 25.2 Å². The summed E-state index contributed by atoms with van der Waals surface area (Å²) in [6, 6.07) is 7.06. The minimum absolute atomic E-state index is 0.0982. The lowest BCUT2D eigenvalue weighted by Crippen LogP contribution is -2.33. The molecule has 0 spiro atoms. The molecule has 0 saturated heterocycles. The van der Waals surface area contributed by atoms with E-state index < -0.39 is 11.7 Å². The van der Waals surface area contributed by atoms with Crippen LogP contribution in [-0.4, -0.2) is 44.1 Å². The maximum atomic E-state index is 12.9. The van der Waals surface area contributed by atoms with Crippen molar-refractivity contribution >= 4 is 5.82 Å². The van der Waals surface area contributed by atoms with Crippen LogP contribution in [0.2, 0.25) is 0 Å². The van der Waals surface area contributed by atoms with Crippen LogP contribution in [0.5, 0.6) is 0 Å². The number of hydrogen-bond donors (Lipinski definition) is 1. The molecule has 0 radical (unpaired) electrons. The SMILES string of the molecule is CCN(CC)C(CNc1cc(-n2ccnc2)ncn1)c1ccc(C(F)(F)F)cc1. The maximum absolute atomic E-state index is 12.9. The number of nitrogens with one attached hydrogen (secondary N) is 1. The molecule has 0 aliphatic carbocycles. The Morgan fingerprint density at radius 2 is 1.83 bits per heavy atom. The largest absolute Gasteiger partial charge is 0.416 e. The minimum atomic E-state index is -4.34. The van der Waals surface area contributed by atoms with E-state index in [1.807, 2.05) is 13.8 Å². The molecule has 0 fully saturated rings. The molecule has 9 heteroatoms. The Morgan fingerprint density at radius 1 is 1.10 bits per heavy atom. The number of imidazole rings is 1. The minimum Gasteiger partial charge on any atom is -0.368 e. The lowest BCUT2D eigenvalue weighted by Gasteiger charge is -2.30. The van der Waals surface area contributed by atoms with Gasteiger partial charge in [-0.15, -0.1) is 0 Å². The third kappa shape index (κ3) is 5.11. The second-order valence-electron chi connectivity index (χ2n) is 6.47. The highest BCUT2D eigenvalue weighted by molar-refractivity contribution is 5.41. The molecule has 154 valence electrons. The van der Waals surface area contributed by atoms with Gasteiger partial charge in [0.2, 0.25) is 0 Å². The highest BCUT2D eigenvalue weighted by Gasteiger charge is 2.30. The van der Waals surface area contributed by atoms with Gasteiger partial charge >= 0.3 is 6.18 Å². The topological polar surface area (TPSA) is 58.9 Å². The summed E-state index contributed by atoms with van der Waals surface area (Å²) in [5.41, 5.74) is 0.173. The lowest BCUT2D eigenvalue weighted by atomic mass is 10.0. The molecule has 1 aromatic carbocycles. The zero-order chi connectivity index (χ0) is 20.9. The third-order valence-electron chi connectivity index (χ3n) is 4.77. The highest BCUT2D eigenvalue weighted by Crippen LogP contribution is 2.31. The number of rotatable bonds is 8. The molecule has 0 aliphatic heterocycles. The molecule has 0 saturated carbocycles. The highest BCUT2D eigenvalue weighted by atomic mass is 19.4. The first-order valence-corrected chi connectivity index (χ1v) is 9.37. The van der Waals surface area contributed by atoms with E-state index in [-0.39, 0.29) is 6.04 Å². The predicted octanol–water partition coefficient (Wildman–Crippen LogP) is 4.18. The van der Waals surface area contributed by atoms with Crippen LogP contribution in [0.1, 0.15) is 31.0 Å². The average Bonchev–Trinajstić information content (AvgIpc) is 3.26. The van der Waals surface area contributed by atoms with E-state index in [9.17, 15) is 13.2 Å². The van der Waals surface area contributed by atoms with E-state index in [0.717, 1.165) is 30.8 Å². The molecule has 3 rings (SSSR count). The van der Waals surface area contributed by atoms with Crippen molar-refractivity contribution in [2.24, 2.45) is 0 Å². The molecule has 0 amide bonds. The summed E-state index contributed by atoms with van der Waals surface area (Å²) in [6.07, 6.45) is 2.21. The monoisotopic (exact) mass is 404 g/mol. The zero-order valence-corrected chi connectivity index (χ0v) is 16.3. The van der Waals surface area contributed by atoms with Crippen LogP contribution in [-0.2, 0) is 6.18 Å². The predicted molar refractivity (Wildman–Crippen MR) is 105 cm³/mol. The molecule has 6 nitrogen and oxygen atoms in total. The number of benzene rings is 1. The van der Waals surface area contributed by atoms with Crippen molar-refractivity contribution in [3.63, 3.8) is 0 Å². The number of halogens is 3. The van der Waals surface area contributed by atoms with Crippen molar-refractivity contribution in [3.8, 4) is 5.82 Å². The average molecular weight is 404 g/mol. The van der Waals surface area contributed by atoms with Crippen LogP contribution in [0.4, 0.5) is 19.0 Å². The Balaban J connectivity index is 1.79. The van der Waals surface area contributed by atoms with E-state index in [1.165, 1.54) is 6.33 Å². The third-order valence-corrected chi connectivity index (χ3v) is 4.77. The van der Waals surface area contributed by atoms with Crippen molar-refractivity contribution in [2.75, 3.05) is 25.0 Å². The van der Waals surface area contributed by atoms with Crippen LogP contribution in [0.3, 0.4) is 0 Å². The van der Waals surface area contributed by atoms with Gasteiger partial charge in [-0.3, -0.25) is 9.47 Å².